The molecule has 0 saturated heterocycles. The van der Waals surface area contributed by atoms with Crippen LogP contribution in [0.4, 0.5) is 9.18 Å². The summed E-state index contributed by atoms with van der Waals surface area (Å²) in [7, 11) is 1.39. The van der Waals surface area contributed by atoms with E-state index in [4.69, 9.17) is 14.0 Å². The van der Waals surface area contributed by atoms with E-state index in [1.54, 1.807) is 24.0 Å². The fourth-order valence-corrected chi connectivity index (χ4v) is 3.81. The van der Waals surface area contributed by atoms with Crippen LogP contribution in [0, 0.1) is 12.7 Å². The maximum absolute atomic E-state index is 13.7. The van der Waals surface area contributed by atoms with Crippen molar-refractivity contribution in [2.75, 3.05) is 13.7 Å². The third-order valence-corrected chi connectivity index (χ3v) is 5.48. The molecule has 4 rings (SSSR count). The second-order valence-electron chi connectivity index (χ2n) is 9.16. The summed E-state index contributed by atoms with van der Waals surface area (Å²) >= 11 is 0. The minimum atomic E-state index is -0.598. The molecule has 10 heteroatoms. The van der Waals surface area contributed by atoms with Crippen LogP contribution in [0.1, 0.15) is 43.5 Å². The van der Waals surface area contributed by atoms with E-state index in [0.717, 1.165) is 0 Å². The van der Waals surface area contributed by atoms with Gasteiger partial charge in [-0.3, -0.25) is 9.36 Å². The standard InChI is InChI=1S/C24H27FN4O5/c1-14-26-19-13-28(23(31)33-24(2,3)4)9-8-17(19)22(30)29(14)12-16-11-20(34-27-16)15-6-7-18(25)21(10-15)32-5/h6-7,10-11H,8-9,12-13H2,1-5H3. The minimum Gasteiger partial charge on any atom is -0.494 e. The summed E-state index contributed by atoms with van der Waals surface area (Å²) in [5, 5.41) is 4.06. The number of hydrogen-bond donors (Lipinski definition) is 0. The highest BCUT2D eigenvalue weighted by atomic mass is 19.1. The number of carbonyl (C=O) groups excluding carboxylic acids is 1. The van der Waals surface area contributed by atoms with Crippen LogP contribution in [0.15, 0.2) is 33.6 Å². The lowest BCUT2D eigenvalue weighted by Crippen LogP contribution is -2.43. The van der Waals surface area contributed by atoms with Gasteiger partial charge in [0.2, 0.25) is 0 Å². The van der Waals surface area contributed by atoms with Crippen LogP contribution in [0.5, 0.6) is 5.75 Å². The monoisotopic (exact) mass is 470 g/mol. The van der Waals surface area contributed by atoms with Gasteiger partial charge in [0.15, 0.2) is 17.3 Å². The van der Waals surface area contributed by atoms with E-state index in [-0.39, 0.29) is 24.4 Å². The molecule has 0 atom stereocenters. The molecule has 0 aliphatic carbocycles. The zero-order valence-electron chi connectivity index (χ0n) is 19.8. The number of fused-ring (bicyclic) bond motifs is 1. The molecule has 1 aliphatic heterocycles. The number of aryl methyl sites for hydroxylation is 1. The first-order chi connectivity index (χ1) is 16.1. The van der Waals surface area contributed by atoms with Crippen LogP contribution in [0.3, 0.4) is 0 Å². The van der Waals surface area contributed by atoms with Gasteiger partial charge in [-0.1, -0.05) is 5.16 Å². The van der Waals surface area contributed by atoms with Crippen molar-refractivity contribution < 1.29 is 23.2 Å². The fourth-order valence-electron chi connectivity index (χ4n) is 3.81. The summed E-state index contributed by atoms with van der Waals surface area (Å²) in [6.07, 6.45) is -0.0329. The largest absolute Gasteiger partial charge is 0.494 e. The number of ether oxygens (including phenoxy) is 2. The smallest absolute Gasteiger partial charge is 0.410 e. The molecule has 0 radical (unpaired) electrons. The summed E-state index contributed by atoms with van der Waals surface area (Å²) < 4.78 is 31.1. The highest BCUT2D eigenvalue weighted by molar-refractivity contribution is 5.68. The number of halogens is 1. The van der Waals surface area contributed by atoms with Gasteiger partial charge in [0.1, 0.15) is 17.1 Å². The second-order valence-corrected chi connectivity index (χ2v) is 9.16. The quantitative estimate of drug-likeness (QED) is 0.573. The summed E-state index contributed by atoms with van der Waals surface area (Å²) in [5.74, 6) is 0.557. The Balaban J connectivity index is 1.55. The molecule has 2 aromatic heterocycles. The minimum absolute atomic E-state index is 0.0989. The van der Waals surface area contributed by atoms with Crippen LogP contribution in [0.25, 0.3) is 11.3 Å². The molecule has 0 bridgehead atoms. The number of nitrogens with zero attached hydrogens (tertiary/aromatic N) is 4. The van der Waals surface area contributed by atoms with Gasteiger partial charge in [0, 0.05) is 23.7 Å². The summed E-state index contributed by atoms with van der Waals surface area (Å²) in [6.45, 7) is 7.94. The molecule has 34 heavy (non-hydrogen) atoms. The molecule has 3 aromatic rings. The Bertz CT molecular complexity index is 1290. The van der Waals surface area contributed by atoms with Crippen LogP contribution >= 0.6 is 0 Å². The lowest BCUT2D eigenvalue weighted by molar-refractivity contribution is 0.0219. The Hall–Kier alpha value is -3.69. The molecule has 0 unspecified atom stereocenters. The fraction of sp³-hybridized carbons (Fsp3) is 0.417. The molecular formula is C24H27FN4O5. The van der Waals surface area contributed by atoms with E-state index in [1.807, 2.05) is 20.8 Å². The molecule has 1 aliphatic rings. The maximum atomic E-state index is 13.7. The number of amides is 1. The predicted octanol–water partition coefficient (Wildman–Crippen LogP) is 3.70. The third-order valence-electron chi connectivity index (χ3n) is 5.48. The number of carbonyl (C=O) groups is 1. The SMILES string of the molecule is COc1cc(-c2cc(Cn3c(C)nc4c(c3=O)CCN(C(=O)OC(C)(C)C)C4)no2)ccc1F. The third kappa shape index (κ3) is 4.80. The van der Waals surface area contributed by atoms with Crippen LogP contribution in [0.2, 0.25) is 0 Å². The Morgan fingerprint density at radius 1 is 1.26 bits per heavy atom. The Morgan fingerprint density at radius 3 is 2.74 bits per heavy atom. The lowest BCUT2D eigenvalue weighted by Gasteiger charge is -2.30. The van der Waals surface area contributed by atoms with Crippen LogP contribution in [-0.2, 0) is 24.2 Å². The topological polar surface area (TPSA) is 99.7 Å². The molecule has 0 spiro atoms. The average Bonchev–Trinajstić information content (AvgIpc) is 3.24. The molecule has 1 amide bonds. The van der Waals surface area contributed by atoms with Gasteiger partial charge in [-0.2, -0.15) is 0 Å². The Kier molecular flexibility index (Phi) is 6.16. The van der Waals surface area contributed by atoms with Gasteiger partial charge in [-0.15, -0.1) is 0 Å². The maximum Gasteiger partial charge on any atom is 0.410 e. The van der Waals surface area contributed by atoms with Crippen molar-refractivity contribution in [2.24, 2.45) is 0 Å². The van der Waals surface area contributed by atoms with E-state index < -0.39 is 17.5 Å². The van der Waals surface area contributed by atoms with Crippen LogP contribution in [-0.4, -0.2) is 45.0 Å². The van der Waals surface area contributed by atoms with Crippen molar-refractivity contribution in [3.8, 4) is 17.1 Å². The first kappa shape index (κ1) is 23.5. The van der Waals surface area contributed by atoms with Crippen LogP contribution < -0.4 is 10.3 Å². The molecule has 0 fully saturated rings. The summed E-state index contributed by atoms with van der Waals surface area (Å²) in [5.41, 5.74) is 1.52. The number of methoxy groups -OCH3 is 1. The van der Waals surface area contributed by atoms with Crippen molar-refractivity contribution in [2.45, 2.75) is 52.8 Å². The zero-order valence-corrected chi connectivity index (χ0v) is 19.8. The van der Waals surface area contributed by atoms with Gasteiger partial charge in [-0.25, -0.2) is 14.2 Å². The summed E-state index contributed by atoms with van der Waals surface area (Å²) in [6, 6.07) is 6.07. The van der Waals surface area contributed by atoms with E-state index >= 15 is 0 Å². The van der Waals surface area contributed by atoms with E-state index in [0.29, 0.717) is 47.1 Å². The van der Waals surface area contributed by atoms with Gasteiger partial charge >= 0.3 is 6.09 Å². The highest BCUT2D eigenvalue weighted by Gasteiger charge is 2.29. The van der Waals surface area contributed by atoms with Crippen molar-refractivity contribution in [3.05, 3.63) is 63.2 Å². The molecule has 9 nitrogen and oxygen atoms in total. The number of aromatic nitrogens is 3. The highest BCUT2D eigenvalue weighted by Crippen LogP contribution is 2.27. The normalized spacial score (nSPS) is 13.5. The Morgan fingerprint density at radius 2 is 2.03 bits per heavy atom. The van der Waals surface area contributed by atoms with E-state index in [9.17, 15) is 14.0 Å². The second kappa shape index (κ2) is 8.92. The van der Waals surface area contributed by atoms with Crippen molar-refractivity contribution in [1.29, 1.82) is 0 Å². The first-order valence-electron chi connectivity index (χ1n) is 10.9. The van der Waals surface area contributed by atoms with Crippen molar-refractivity contribution in [3.63, 3.8) is 0 Å². The number of benzene rings is 1. The summed E-state index contributed by atoms with van der Waals surface area (Å²) in [4.78, 5) is 31.8. The van der Waals surface area contributed by atoms with Gasteiger partial charge in [0.05, 0.1) is 25.9 Å². The van der Waals surface area contributed by atoms with Gasteiger partial charge < -0.3 is 18.9 Å². The zero-order chi connectivity index (χ0) is 24.6. The molecule has 0 N–H and O–H groups in total. The Labute approximate surface area is 196 Å². The predicted molar refractivity (Wildman–Crippen MR) is 121 cm³/mol. The molecule has 180 valence electrons. The molecule has 1 aromatic carbocycles. The lowest BCUT2D eigenvalue weighted by atomic mass is 10.1. The van der Waals surface area contributed by atoms with Gasteiger partial charge in [0.25, 0.3) is 5.56 Å². The molecule has 0 saturated carbocycles. The molecular weight excluding hydrogens is 443 g/mol. The average molecular weight is 471 g/mol. The van der Waals surface area contributed by atoms with Crippen molar-refractivity contribution >= 4 is 6.09 Å². The van der Waals surface area contributed by atoms with E-state index in [1.165, 1.54) is 23.8 Å². The molecule has 3 heterocycles. The first-order valence-corrected chi connectivity index (χ1v) is 10.9. The van der Waals surface area contributed by atoms with E-state index in [2.05, 4.69) is 10.1 Å². The van der Waals surface area contributed by atoms with Gasteiger partial charge in [-0.05, 0) is 52.3 Å². The van der Waals surface area contributed by atoms with Crippen molar-refractivity contribution in [1.82, 2.24) is 19.6 Å². The number of rotatable bonds is 4. The number of hydrogen-bond acceptors (Lipinski definition) is 7.